The van der Waals surface area contributed by atoms with Crippen molar-refractivity contribution in [3.05, 3.63) is 27.7 Å². The van der Waals surface area contributed by atoms with Crippen LogP contribution >= 0.6 is 23.2 Å². The fraction of sp³-hybridized carbons (Fsp3) is 0.625. The fourth-order valence-corrected chi connectivity index (χ4v) is 2.93. The summed E-state index contributed by atoms with van der Waals surface area (Å²) in [4.78, 5) is 0. The standard InChI is InChI=1S/C16H25Cl2NO/c1-4-7-8-11(5-2)16(19)12-9-14(18)15(20-6-3)10-13(12)17/h9-11,16H,4-8,19H2,1-3H3. The Morgan fingerprint density at radius 1 is 1.15 bits per heavy atom. The van der Waals surface area contributed by atoms with Crippen LogP contribution < -0.4 is 10.5 Å². The van der Waals surface area contributed by atoms with Crippen molar-refractivity contribution < 1.29 is 4.74 Å². The van der Waals surface area contributed by atoms with E-state index in [0.717, 1.165) is 18.4 Å². The molecule has 20 heavy (non-hydrogen) atoms. The molecule has 1 aromatic carbocycles. The topological polar surface area (TPSA) is 35.2 Å². The molecule has 114 valence electrons. The molecule has 0 amide bonds. The van der Waals surface area contributed by atoms with Crippen LogP contribution in [0.2, 0.25) is 10.0 Å². The van der Waals surface area contributed by atoms with Gasteiger partial charge in [0.05, 0.1) is 11.6 Å². The van der Waals surface area contributed by atoms with E-state index in [1.807, 2.05) is 13.0 Å². The summed E-state index contributed by atoms with van der Waals surface area (Å²) in [6, 6.07) is 3.55. The maximum Gasteiger partial charge on any atom is 0.139 e. The average Bonchev–Trinajstić information content (AvgIpc) is 2.43. The Kier molecular flexibility index (Phi) is 7.71. The molecule has 0 aliphatic heterocycles. The third-order valence-electron chi connectivity index (χ3n) is 3.67. The van der Waals surface area contributed by atoms with Crippen LogP contribution in [0.5, 0.6) is 5.75 Å². The van der Waals surface area contributed by atoms with E-state index in [4.69, 9.17) is 33.7 Å². The van der Waals surface area contributed by atoms with Gasteiger partial charge in [0.15, 0.2) is 0 Å². The van der Waals surface area contributed by atoms with Gasteiger partial charge < -0.3 is 10.5 Å². The smallest absolute Gasteiger partial charge is 0.139 e. The lowest BCUT2D eigenvalue weighted by Crippen LogP contribution is -2.21. The van der Waals surface area contributed by atoms with Crippen LogP contribution in [0.4, 0.5) is 0 Å². The summed E-state index contributed by atoms with van der Waals surface area (Å²) < 4.78 is 5.45. The monoisotopic (exact) mass is 317 g/mol. The highest BCUT2D eigenvalue weighted by atomic mass is 35.5. The number of ether oxygens (including phenoxy) is 1. The van der Waals surface area contributed by atoms with Crippen LogP contribution in [0.3, 0.4) is 0 Å². The van der Waals surface area contributed by atoms with E-state index in [1.54, 1.807) is 6.07 Å². The van der Waals surface area contributed by atoms with Gasteiger partial charge in [0.2, 0.25) is 0 Å². The highest BCUT2D eigenvalue weighted by Crippen LogP contribution is 2.37. The van der Waals surface area contributed by atoms with Gasteiger partial charge in [0, 0.05) is 17.1 Å². The van der Waals surface area contributed by atoms with Crippen LogP contribution in [-0.4, -0.2) is 6.61 Å². The SMILES string of the molecule is CCCCC(CC)C(N)c1cc(Cl)c(OCC)cc1Cl. The number of hydrogen-bond acceptors (Lipinski definition) is 2. The second-order valence-electron chi connectivity index (χ2n) is 5.07. The zero-order chi connectivity index (χ0) is 15.1. The zero-order valence-electron chi connectivity index (χ0n) is 12.6. The summed E-state index contributed by atoms with van der Waals surface area (Å²) in [7, 11) is 0. The molecular formula is C16H25Cl2NO. The summed E-state index contributed by atoms with van der Waals surface area (Å²) in [6.45, 7) is 6.85. The summed E-state index contributed by atoms with van der Waals surface area (Å²) >= 11 is 12.6. The molecule has 4 heteroatoms. The van der Waals surface area contributed by atoms with Gasteiger partial charge >= 0.3 is 0 Å². The maximum absolute atomic E-state index is 6.40. The molecule has 0 saturated carbocycles. The summed E-state index contributed by atoms with van der Waals surface area (Å²) in [5.74, 6) is 1.05. The molecule has 2 N–H and O–H groups in total. The number of nitrogens with two attached hydrogens (primary N) is 1. The molecule has 1 rings (SSSR count). The van der Waals surface area contributed by atoms with Gasteiger partial charge in [-0.15, -0.1) is 0 Å². The van der Waals surface area contributed by atoms with E-state index in [1.165, 1.54) is 12.8 Å². The van der Waals surface area contributed by atoms with Crippen LogP contribution in [0, 0.1) is 5.92 Å². The van der Waals surface area contributed by atoms with Gasteiger partial charge in [0.25, 0.3) is 0 Å². The number of rotatable bonds is 8. The number of benzene rings is 1. The highest BCUT2D eigenvalue weighted by Gasteiger charge is 2.21. The van der Waals surface area contributed by atoms with Gasteiger partial charge in [-0.3, -0.25) is 0 Å². The first-order chi connectivity index (χ1) is 9.54. The largest absolute Gasteiger partial charge is 0.492 e. The summed E-state index contributed by atoms with van der Waals surface area (Å²) in [6.07, 6.45) is 4.53. The van der Waals surface area contributed by atoms with Crippen LogP contribution in [-0.2, 0) is 0 Å². The Bertz CT molecular complexity index is 423. The number of hydrogen-bond donors (Lipinski definition) is 1. The molecule has 0 aromatic heterocycles. The van der Waals surface area contributed by atoms with Crippen molar-refractivity contribution in [2.75, 3.05) is 6.61 Å². The minimum Gasteiger partial charge on any atom is -0.492 e. The van der Waals surface area contributed by atoms with E-state index < -0.39 is 0 Å². The maximum atomic E-state index is 6.40. The predicted octanol–water partition coefficient (Wildman–Crippen LogP) is 5.61. The molecule has 0 radical (unpaired) electrons. The fourth-order valence-electron chi connectivity index (χ4n) is 2.42. The van der Waals surface area contributed by atoms with Crippen molar-refractivity contribution in [2.24, 2.45) is 11.7 Å². The Morgan fingerprint density at radius 2 is 1.85 bits per heavy atom. The summed E-state index contributed by atoms with van der Waals surface area (Å²) in [5, 5.41) is 1.22. The Balaban J connectivity index is 2.96. The molecule has 0 saturated heterocycles. The van der Waals surface area contributed by atoms with Gasteiger partial charge in [-0.25, -0.2) is 0 Å². The van der Waals surface area contributed by atoms with Crippen molar-refractivity contribution in [3.63, 3.8) is 0 Å². The predicted molar refractivity (Wildman–Crippen MR) is 87.9 cm³/mol. The lowest BCUT2D eigenvalue weighted by Gasteiger charge is -2.24. The van der Waals surface area contributed by atoms with Crippen molar-refractivity contribution in [2.45, 2.75) is 52.5 Å². The number of halogens is 2. The van der Waals surface area contributed by atoms with Crippen molar-refractivity contribution >= 4 is 23.2 Å². The molecule has 1 aromatic rings. The molecule has 0 heterocycles. The van der Waals surface area contributed by atoms with Crippen LogP contribution in [0.1, 0.15) is 58.1 Å². The third-order valence-corrected chi connectivity index (χ3v) is 4.29. The van der Waals surface area contributed by atoms with Crippen molar-refractivity contribution in [3.8, 4) is 5.75 Å². The van der Waals surface area contributed by atoms with E-state index in [9.17, 15) is 0 Å². The molecule has 0 aliphatic rings. The van der Waals surface area contributed by atoms with Gasteiger partial charge in [-0.05, 0) is 30.9 Å². The van der Waals surface area contributed by atoms with Crippen molar-refractivity contribution in [1.29, 1.82) is 0 Å². The van der Waals surface area contributed by atoms with Gasteiger partial charge in [0.1, 0.15) is 5.75 Å². The molecule has 0 spiro atoms. The molecule has 2 unspecified atom stereocenters. The zero-order valence-corrected chi connectivity index (χ0v) is 14.1. The highest BCUT2D eigenvalue weighted by molar-refractivity contribution is 6.34. The van der Waals surface area contributed by atoms with E-state index in [-0.39, 0.29) is 6.04 Å². The minimum absolute atomic E-state index is 0.0766. The molecule has 0 aliphatic carbocycles. The van der Waals surface area contributed by atoms with E-state index in [2.05, 4.69) is 13.8 Å². The lowest BCUT2D eigenvalue weighted by molar-refractivity contribution is 0.339. The first kappa shape index (κ1) is 17.6. The lowest BCUT2D eigenvalue weighted by atomic mass is 9.87. The third kappa shape index (κ3) is 4.54. The second kappa shape index (κ2) is 8.76. The normalized spacial score (nSPS) is 14.1. The molecular weight excluding hydrogens is 293 g/mol. The molecule has 2 nitrogen and oxygen atoms in total. The number of unbranched alkanes of at least 4 members (excludes halogenated alkanes) is 1. The van der Waals surface area contributed by atoms with Gasteiger partial charge in [-0.2, -0.15) is 0 Å². The van der Waals surface area contributed by atoms with Crippen LogP contribution in [0.15, 0.2) is 12.1 Å². The van der Waals surface area contributed by atoms with E-state index in [0.29, 0.717) is 28.3 Å². The molecule has 0 bridgehead atoms. The first-order valence-electron chi connectivity index (χ1n) is 7.42. The van der Waals surface area contributed by atoms with Gasteiger partial charge in [-0.1, -0.05) is 56.3 Å². The second-order valence-corrected chi connectivity index (χ2v) is 5.89. The average molecular weight is 318 g/mol. The van der Waals surface area contributed by atoms with E-state index >= 15 is 0 Å². The van der Waals surface area contributed by atoms with Crippen LogP contribution in [0.25, 0.3) is 0 Å². The molecule has 0 fully saturated rings. The van der Waals surface area contributed by atoms with Crippen molar-refractivity contribution in [1.82, 2.24) is 0 Å². The Labute approximate surface area is 132 Å². The summed E-state index contributed by atoms with van der Waals surface area (Å²) in [5.41, 5.74) is 7.32. The molecule has 2 atom stereocenters. The quantitative estimate of drug-likeness (QED) is 0.676. The first-order valence-corrected chi connectivity index (χ1v) is 8.17. The Morgan fingerprint density at radius 3 is 2.40 bits per heavy atom. The minimum atomic E-state index is -0.0766. The Hall–Kier alpha value is -0.440.